The molecular weight excluding hydrogens is 649 g/mol. The normalized spacial score (nSPS) is 18.0. The summed E-state index contributed by atoms with van der Waals surface area (Å²) in [5, 5.41) is 2.40. The van der Waals surface area contributed by atoms with Crippen molar-refractivity contribution in [1.82, 2.24) is 19.8 Å². The van der Waals surface area contributed by atoms with Crippen LogP contribution in [0, 0.1) is 12.3 Å². The van der Waals surface area contributed by atoms with Gasteiger partial charge in [-0.05, 0) is 60.5 Å². The molecule has 3 amide bonds. The number of rotatable bonds is 8. The van der Waals surface area contributed by atoms with Crippen LogP contribution in [-0.2, 0) is 9.63 Å². The predicted octanol–water partition coefficient (Wildman–Crippen LogP) is 6.10. The lowest BCUT2D eigenvalue weighted by Gasteiger charge is -2.39. The molecule has 0 aliphatic carbocycles. The Morgan fingerprint density at radius 2 is 1.59 bits per heavy atom. The molecule has 1 fully saturated rings. The molecule has 2 aliphatic heterocycles. The number of piperazine rings is 1. The maximum Gasteiger partial charge on any atom is 0.326 e. The van der Waals surface area contributed by atoms with Gasteiger partial charge in [-0.3, -0.25) is 24.4 Å². The van der Waals surface area contributed by atoms with Crippen LogP contribution in [0.5, 0.6) is 5.75 Å². The minimum absolute atomic E-state index is 0. The summed E-state index contributed by atoms with van der Waals surface area (Å²) in [7, 11) is 3.03. The van der Waals surface area contributed by atoms with Crippen LogP contribution in [0.2, 0.25) is 10.0 Å². The highest BCUT2D eigenvalue weighted by Crippen LogP contribution is 2.45. The summed E-state index contributed by atoms with van der Waals surface area (Å²) in [4.78, 5) is 42.9. The third kappa shape index (κ3) is 7.60. The number of terminal acetylenes is 1. The Balaban J connectivity index is 0.00000480. The number of urea groups is 1. The van der Waals surface area contributed by atoms with Gasteiger partial charge < -0.3 is 9.64 Å². The van der Waals surface area contributed by atoms with Crippen molar-refractivity contribution < 1.29 is 19.2 Å². The van der Waals surface area contributed by atoms with Gasteiger partial charge in [0.25, 0.3) is 5.91 Å². The van der Waals surface area contributed by atoms with E-state index in [9.17, 15) is 9.59 Å². The molecule has 0 unspecified atom stereocenters. The van der Waals surface area contributed by atoms with Gasteiger partial charge >= 0.3 is 6.03 Å². The van der Waals surface area contributed by atoms with E-state index in [1.54, 1.807) is 22.9 Å². The fraction of sp³-hybridized carbons (Fsp3) is 0.324. The van der Waals surface area contributed by atoms with Crippen LogP contribution < -0.4 is 4.74 Å². The standard InChI is InChI=1S/C34H35Cl2N5O4.ClH/c1-5-23-7-16-28(29(21-23)45-6-2)33-37-31(24-8-12-26(35)13-9-24)32(25-10-14-27(36)15-11-25)41(33)34(43)40-19-17-39(18-20-40)22-30(42)38(3)44-4;/h1,7-16,21,31-32H,6,17-20,22H2,2-4H3;1H/t31-,32+;/m0./s1. The molecule has 0 bridgehead atoms. The topological polar surface area (TPSA) is 77.9 Å². The van der Waals surface area contributed by atoms with Crippen molar-refractivity contribution >= 4 is 53.4 Å². The second-order valence-electron chi connectivity index (χ2n) is 10.7. The quantitative estimate of drug-likeness (QED) is 0.212. The van der Waals surface area contributed by atoms with Gasteiger partial charge in [-0.2, -0.15) is 0 Å². The number of hydrogen-bond acceptors (Lipinski definition) is 6. The average Bonchev–Trinajstić information content (AvgIpc) is 3.45. The number of amidine groups is 1. The number of likely N-dealkylation sites (N-methyl/N-ethyl adjacent to an activating group) is 1. The van der Waals surface area contributed by atoms with Gasteiger partial charge in [0, 0.05) is 48.8 Å². The number of nitrogens with zero attached hydrogens (tertiary/aromatic N) is 5. The summed E-state index contributed by atoms with van der Waals surface area (Å²) < 4.78 is 6.04. The molecule has 0 spiro atoms. The number of halogens is 3. The van der Waals surface area contributed by atoms with E-state index in [1.165, 1.54) is 12.2 Å². The van der Waals surface area contributed by atoms with Gasteiger partial charge in [-0.25, -0.2) is 9.86 Å². The number of aliphatic imine (C=N–C) groups is 1. The van der Waals surface area contributed by atoms with Gasteiger partial charge in [0.2, 0.25) is 0 Å². The van der Waals surface area contributed by atoms with E-state index in [-0.39, 0.29) is 30.9 Å². The fourth-order valence-corrected chi connectivity index (χ4v) is 5.82. The van der Waals surface area contributed by atoms with Crippen molar-refractivity contribution in [3.8, 4) is 18.1 Å². The Hall–Kier alpha value is -3.78. The molecule has 0 saturated carbocycles. The summed E-state index contributed by atoms with van der Waals surface area (Å²) in [5.74, 6) is 3.53. The minimum atomic E-state index is -0.498. The Morgan fingerprint density at radius 1 is 0.978 bits per heavy atom. The monoisotopic (exact) mass is 683 g/mol. The second-order valence-corrected chi connectivity index (χ2v) is 11.6. The van der Waals surface area contributed by atoms with Gasteiger partial charge in [0.05, 0.1) is 31.9 Å². The molecule has 0 N–H and O–H groups in total. The molecule has 5 rings (SSSR count). The summed E-state index contributed by atoms with van der Waals surface area (Å²) in [5.41, 5.74) is 3.09. The third-order valence-electron chi connectivity index (χ3n) is 8.01. The Bertz CT molecular complexity index is 1600. The molecular formula is C34H36Cl3N5O4. The first-order valence-corrected chi connectivity index (χ1v) is 15.4. The Kier molecular flexibility index (Phi) is 12.0. The van der Waals surface area contributed by atoms with Crippen LogP contribution in [-0.4, -0.2) is 91.0 Å². The molecule has 12 heteroatoms. The van der Waals surface area contributed by atoms with Crippen molar-refractivity contribution in [1.29, 1.82) is 0 Å². The van der Waals surface area contributed by atoms with Crippen molar-refractivity contribution in [2.75, 3.05) is 53.5 Å². The maximum atomic E-state index is 14.7. The first-order valence-electron chi connectivity index (χ1n) is 14.7. The van der Waals surface area contributed by atoms with Crippen LogP contribution in [0.25, 0.3) is 0 Å². The first-order chi connectivity index (χ1) is 21.7. The molecule has 0 radical (unpaired) electrons. The first kappa shape index (κ1) is 35.1. The summed E-state index contributed by atoms with van der Waals surface area (Å²) in [6, 6.07) is 19.3. The second kappa shape index (κ2) is 15.7. The van der Waals surface area contributed by atoms with Crippen molar-refractivity contribution in [2.45, 2.75) is 19.0 Å². The lowest BCUT2D eigenvalue weighted by molar-refractivity contribution is -0.170. The smallest absolute Gasteiger partial charge is 0.326 e. The average molecular weight is 685 g/mol. The van der Waals surface area contributed by atoms with Crippen LogP contribution in [0.1, 0.15) is 41.3 Å². The molecule has 3 aromatic rings. The highest BCUT2D eigenvalue weighted by molar-refractivity contribution is 6.30. The number of ether oxygens (including phenoxy) is 1. The van der Waals surface area contributed by atoms with Gasteiger partial charge in [-0.1, -0.05) is 53.4 Å². The van der Waals surface area contributed by atoms with Gasteiger partial charge in [0.15, 0.2) is 0 Å². The Morgan fingerprint density at radius 3 is 2.15 bits per heavy atom. The van der Waals surface area contributed by atoms with E-state index in [0.29, 0.717) is 65.5 Å². The zero-order valence-corrected chi connectivity index (χ0v) is 28.2. The zero-order chi connectivity index (χ0) is 32.1. The minimum Gasteiger partial charge on any atom is -0.493 e. The molecule has 9 nitrogen and oxygen atoms in total. The van der Waals surface area contributed by atoms with E-state index < -0.39 is 12.1 Å². The number of benzene rings is 3. The zero-order valence-electron chi connectivity index (χ0n) is 25.9. The van der Waals surface area contributed by atoms with Crippen LogP contribution in [0.15, 0.2) is 71.7 Å². The SMILES string of the molecule is C#Cc1ccc(C2=N[C@@H](c3ccc(Cl)cc3)[C@@H](c3ccc(Cl)cc3)N2C(=O)N2CCN(CC(=O)N(C)OC)CC2)c(OCC)c1.Cl. The highest BCUT2D eigenvalue weighted by Gasteiger charge is 2.45. The van der Waals surface area contributed by atoms with E-state index in [4.69, 9.17) is 44.2 Å². The lowest BCUT2D eigenvalue weighted by Crippen LogP contribution is -2.55. The molecule has 46 heavy (non-hydrogen) atoms. The van der Waals surface area contributed by atoms with Crippen molar-refractivity contribution in [2.24, 2.45) is 4.99 Å². The molecule has 242 valence electrons. The van der Waals surface area contributed by atoms with Gasteiger partial charge in [-0.15, -0.1) is 18.8 Å². The van der Waals surface area contributed by atoms with Gasteiger partial charge in [0.1, 0.15) is 17.6 Å². The molecule has 3 aromatic carbocycles. The third-order valence-corrected chi connectivity index (χ3v) is 8.52. The maximum absolute atomic E-state index is 14.7. The summed E-state index contributed by atoms with van der Waals surface area (Å²) >= 11 is 12.6. The largest absolute Gasteiger partial charge is 0.493 e. The van der Waals surface area contributed by atoms with Crippen LogP contribution in [0.3, 0.4) is 0 Å². The van der Waals surface area contributed by atoms with Crippen LogP contribution >= 0.6 is 35.6 Å². The molecule has 2 atom stereocenters. The molecule has 2 heterocycles. The fourth-order valence-electron chi connectivity index (χ4n) is 5.57. The lowest BCUT2D eigenvalue weighted by atomic mass is 9.93. The van der Waals surface area contributed by atoms with Crippen LogP contribution in [0.4, 0.5) is 4.79 Å². The Labute approximate surface area is 286 Å². The number of amides is 3. The predicted molar refractivity (Wildman–Crippen MR) is 183 cm³/mol. The van der Waals surface area contributed by atoms with E-state index >= 15 is 0 Å². The van der Waals surface area contributed by atoms with E-state index in [2.05, 4.69) is 5.92 Å². The number of hydrogen-bond donors (Lipinski definition) is 0. The molecule has 2 aliphatic rings. The number of hydroxylamine groups is 2. The molecule has 0 aromatic heterocycles. The van der Waals surface area contributed by atoms with Crippen molar-refractivity contribution in [3.05, 3.63) is 99.0 Å². The van der Waals surface area contributed by atoms with Crippen molar-refractivity contribution in [3.63, 3.8) is 0 Å². The summed E-state index contributed by atoms with van der Waals surface area (Å²) in [6.45, 7) is 4.43. The van der Waals surface area contributed by atoms with E-state index in [1.807, 2.05) is 72.5 Å². The molecule has 1 saturated heterocycles. The number of carbonyl (C=O) groups is 2. The number of carbonyl (C=O) groups excluding carboxylic acids is 2. The summed E-state index contributed by atoms with van der Waals surface area (Å²) in [6.07, 6.45) is 5.71. The van der Waals surface area contributed by atoms with E-state index in [0.717, 1.165) is 11.1 Å². The highest BCUT2D eigenvalue weighted by atomic mass is 35.5.